The zero-order valence-corrected chi connectivity index (χ0v) is 14.1. The molecule has 1 aromatic heterocycles. The number of hydrogen-bond donors (Lipinski definition) is 1. The van der Waals surface area contributed by atoms with Gasteiger partial charge in [0.15, 0.2) is 0 Å². The van der Waals surface area contributed by atoms with Gasteiger partial charge in [-0.3, -0.25) is 0 Å². The van der Waals surface area contributed by atoms with Crippen molar-refractivity contribution in [2.75, 3.05) is 43.9 Å². The summed E-state index contributed by atoms with van der Waals surface area (Å²) in [5, 5.41) is 0. The lowest BCUT2D eigenvalue weighted by Crippen LogP contribution is -2.45. The van der Waals surface area contributed by atoms with Crippen molar-refractivity contribution >= 4 is 22.7 Å². The van der Waals surface area contributed by atoms with E-state index < -0.39 is 0 Å². The Morgan fingerprint density at radius 1 is 1.18 bits per heavy atom. The Kier molecular flexibility index (Phi) is 4.00. The summed E-state index contributed by atoms with van der Waals surface area (Å²) in [4.78, 5) is 9.71. The van der Waals surface area contributed by atoms with Crippen molar-refractivity contribution in [1.29, 1.82) is 0 Å². The number of nitrogen functional groups attached to an aromatic ring is 1. The van der Waals surface area contributed by atoms with Gasteiger partial charge >= 0.3 is 0 Å². The SMILES string of the molecule is Cc1cc2nc(N3CCN(C)CC3)n(CC(C)C)c2cc1N. The number of likely N-dealkylation sites (N-methyl/N-ethyl adjacent to an activating group) is 1. The molecule has 0 atom stereocenters. The van der Waals surface area contributed by atoms with Crippen molar-refractivity contribution in [1.82, 2.24) is 14.5 Å². The normalized spacial score (nSPS) is 16.9. The van der Waals surface area contributed by atoms with Gasteiger partial charge < -0.3 is 20.1 Å². The van der Waals surface area contributed by atoms with Crippen molar-refractivity contribution in [2.24, 2.45) is 5.92 Å². The van der Waals surface area contributed by atoms with Crippen molar-refractivity contribution < 1.29 is 0 Å². The summed E-state index contributed by atoms with van der Waals surface area (Å²) in [6.07, 6.45) is 0. The van der Waals surface area contributed by atoms with Crippen molar-refractivity contribution in [3.63, 3.8) is 0 Å². The summed E-state index contributed by atoms with van der Waals surface area (Å²) in [6, 6.07) is 4.20. The maximum Gasteiger partial charge on any atom is 0.206 e. The minimum atomic E-state index is 0.575. The van der Waals surface area contributed by atoms with Crippen LogP contribution >= 0.6 is 0 Å². The molecule has 22 heavy (non-hydrogen) atoms. The average molecular weight is 301 g/mol. The maximum atomic E-state index is 6.13. The van der Waals surface area contributed by atoms with Crippen LogP contribution in [0.3, 0.4) is 0 Å². The van der Waals surface area contributed by atoms with E-state index in [-0.39, 0.29) is 0 Å². The number of piperazine rings is 1. The number of anilines is 2. The molecule has 1 saturated heterocycles. The molecule has 0 radical (unpaired) electrons. The zero-order chi connectivity index (χ0) is 15.9. The average Bonchev–Trinajstić information content (AvgIpc) is 2.78. The highest BCUT2D eigenvalue weighted by Crippen LogP contribution is 2.28. The Morgan fingerprint density at radius 2 is 1.86 bits per heavy atom. The number of aryl methyl sites for hydroxylation is 1. The molecule has 1 fully saturated rings. The van der Waals surface area contributed by atoms with Gasteiger partial charge in [0.1, 0.15) is 0 Å². The van der Waals surface area contributed by atoms with Gasteiger partial charge in [-0.15, -0.1) is 0 Å². The van der Waals surface area contributed by atoms with Gasteiger partial charge in [0, 0.05) is 38.4 Å². The number of rotatable bonds is 3. The highest BCUT2D eigenvalue weighted by atomic mass is 15.3. The largest absolute Gasteiger partial charge is 0.398 e. The molecule has 2 N–H and O–H groups in total. The summed E-state index contributed by atoms with van der Waals surface area (Å²) in [6.45, 7) is 11.8. The molecule has 0 aliphatic carbocycles. The van der Waals surface area contributed by atoms with E-state index in [4.69, 9.17) is 10.7 Å². The summed E-state index contributed by atoms with van der Waals surface area (Å²) < 4.78 is 2.35. The van der Waals surface area contributed by atoms with Gasteiger partial charge in [0.2, 0.25) is 5.95 Å². The van der Waals surface area contributed by atoms with Gasteiger partial charge in [-0.2, -0.15) is 0 Å². The van der Waals surface area contributed by atoms with Crippen LogP contribution in [0.4, 0.5) is 11.6 Å². The summed E-state index contributed by atoms with van der Waals surface area (Å²) in [7, 11) is 2.18. The second-order valence-corrected chi connectivity index (χ2v) is 6.90. The Hall–Kier alpha value is -1.75. The van der Waals surface area contributed by atoms with Crippen LogP contribution in [0.15, 0.2) is 12.1 Å². The number of aromatic nitrogens is 2. The fourth-order valence-electron chi connectivity index (χ4n) is 3.07. The lowest BCUT2D eigenvalue weighted by Gasteiger charge is -2.33. The van der Waals surface area contributed by atoms with Crippen LogP contribution in [0.5, 0.6) is 0 Å². The molecule has 0 bridgehead atoms. The van der Waals surface area contributed by atoms with Gasteiger partial charge in [0.25, 0.3) is 0 Å². The van der Waals surface area contributed by atoms with Crippen LogP contribution in [0.25, 0.3) is 11.0 Å². The van der Waals surface area contributed by atoms with Crippen LogP contribution in [0, 0.1) is 12.8 Å². The number of fused-ring (bicyclic) bond motifs is 1. The smallest absolute Gasteiger partial charge is 0.206 e. The fourth-order valence-corrected chi connectivity index (χ4v) is 3.07. The predicted octanol–water partition coefficient (Wildman–Crippen LogP) is 2.33. The number of nitrogens with zero attached hydrogens (tertiary/aromatic N) is 4. The van der Waals surface area contributed by atoms with Crippen molar-refractivity contribution in [3.05, 3.63) is 17.7 Å². The van der Waals surface area contributed by atoms with E-state index in [0.29, 0.717) is 5.92 Å². The Bertz CT molecular complexity index is 665. The minimum Gasteiger partial charge on any atom is -0.398 e. The number of imidazole rings is 1. The minimum absolute atomic E-state index is 0.575. The van der Waals surface area contributed by atoms with Gasteiger partial charge in [-0.05, 0) is 37.6 Å². The van der Waals surface area contributed by atoms with Crippen molar-refractivity contribution in [2.45, 2.75) is 27.3 Å². The van der Waals surface area contributed by atoms with Crippen LogP contribution in [-0.4, -0.2) is 47.7 Å². The Morgan fingerprint density at radius 3 is 2.50 bits per heavy atom. The Labute approximate surface area is 132 Å². The molecule has 2 heterocycles. The third-order valence-corrected chi connectivity index (χ3v) is 4.45. The first-order valence-corrected chi connectivity index (χ1v) is 8.15. The lowest BCUT2D eigenvalue weighted by atomic mass is 10.1. The number of nitrogens with two attached hydrogens (primary N) is 1. The Balaban J connectivity index is 2.07. The first-order valence-electron chi connectivity index (χ1n) is 8.15. The summed E-state index contributed by atoms with van der Waals surface area (Å²) >= 11 is 0. The summed E-state index contributed by atoms with van der Waals surface area (Å²) in [5.74, 6) is 1.67. The molecule has 1 aliphatic rings. The van der Waals surface area contributed by atoms with E-state index >= 15 is 0 Å². The molecule has 1 aromatic carbocycles. The summed E-state index contributed by atoms with van der Waals surface area (Å²) in [5.41, 5.74) is 10.3. The highest BCUT2D eigenvalue weighted by molar-refractivity contribution is 5.83. The van der Waals surface area contributed by atoms with E-state index in [9.17, 15) is 0 Å². The zero-order valence-electron chi connectivity index (χ0n) is 14.1. The molecule has 2 aromatic rings. The highest BCUT2D eigenvalue weighted by Gasteiger charge is 2.21. The van der Waals surface area contributed by atoms with E-state index in [1.165, 1.54) is 0 Å². The quantitative estimate of drug-likeness (QED) is 0.884. The number of benzene rings is 1. The first-order chi connectivity index (χ1) is 10.5. The molecule has 0 spiro atoms. The van der Waals surface area contributed by atoms with E-state index in [1.54, 1.807) is 0 Å². The molecule has 120 valence electrons. The maximum absolute atomic E-state index is 6.13. The monoisotopic (exact) mass is 301 g/mol. The number of hydrogen-bond acceptors (Lipinski definition) is 4. The van der Waals surface area contributed by atoms with Crippen LogP contribution < -0.4 is 10.6 Å². The molecule has 5 heteroatoms. The van der Waals surface area contributed by atoms with Gasteiger partial charge in [0.05, 0.1) is 11.0 Å². The van der Waals surface area contributed by atoms with Gasteiger partial charge in [-0.1, -0.05) is 13.8 Å². The van der Waals surface area contributed by atoms with Gasteiger partial charge in [-0.25, -0.2) is 4.98 Å². The third kappa shape index (κ3) is 2.77. The molecule has 0 saturated carbocycles. The van der Waals surface area contributed by atoms with E-state index in [1.807, 2.05) is 6.92 Å². The molecule has 0 unspecified atom stereocenters. The fraction of sp³-hybridized carbons (Fsp3) is 0.588. The molecule has 1 aliphatic heterocycles. The first kappa shape index (κ1) is 15.2. The van der Waals surface area contributed by atoms with Crippen LogP contribution in [0.1, 0.15) is 19.4 Å². The standard InChI is InChI=1S/C17H27N5/c1-12(2)11-22-16-10-14(18)13(3)9-15(16)19-17(22)21-7-5-20(4)6-8-21/h9-10,12H,5-8,11,18H2,1-4H3. The van der Waals surface area contributed by atoms with E-state index in [0.717, 1.165) is 61.0 Å². The molecular formula is C17H27N5. The van der Waals surface area contributed by atoms with Crippen LogP contribution in [0.2, 0.25) is 0 Å². The second-order valence-electron chi connectivity index (χ2n) is 6.90. The predicted molar refractivity (Wildman–Crippen MR) is 93.4 cm³/mol. The van der Waals surface area contributed by atoms with Crippen molar-refractivity contribution in [3.8, 4) is 0 Å². The van der Waals surface area contributed by atoms with E-state index in [2.05, 4.69) is 47.4 Å². The molecule has 0 amide bonds. The lowest BCUT2D eigenvalue weighted by molar-refractivity contribution is 0.309. The molecular weight excluding hydrogens is 274 g/mol. The second kappa shape index (κ2) is 5.80. The molecule has 5 nitrogen and oxygen atoms in total. The molecule has 3 rings (SSSR count). The third-order valence-electron chi connectivity index (χ3n) is 4.45. The van der Waals surface area contributed by atoms with Crippen LogP contribution in [-0.2, 0) is 6.54 Å². The topological polar surface area (TPSA) is 50.3 Å².